The van der Waals surface area contributed by atoms with Crippen molar-refractivity contribution >= 4 is 25.5 Å². The Hall–Kier alpha value is -2.18. The van der Waals surface area contributed by atoms with Crippen LogP contribution in [0.15, 0.2) is 36.5 Å². The molecule has 55 heavy (non-hydrogen) atoms. The van der Waals surface area contributed by atoms with Crippen LogP contribution in [0.1, 0.15) is 149 Å². The van der Waals surface area contributed by atoms with Crippen molar-refractivity contribution in [1.82, 2.24) is 0 Å². The number of carbonyl (C=O) groups is 3. The predicted octanol–water partition coefficient (Wildman–Crippen LogP) is 8.25. The lowest BCUT2D eigenvalue weighted by atomic mass is 9.90. The van der Waals surface area contributed by atoms with Crippen LogP contribution in [0.3, 0.4) is 0 Å². The number of ether oxygens (including phenoxy) is 2. The Kier molecular flexibility index (Phi) is 29.4. The highest BCUT2D eigenvalue weighted by atomic mass is 31.2. The van der Waals surface area contributed by atoms with Gasteiger partial charge in [-0.15, -0.1) is 0 Å². The van der Waals surface area contributed by atoms with Crippen LogP contribution in [0.5, 0.6) is 0 Å². The van der Waals surface area contributed by atoms with Crippen LogP contribution < -0.4 is 0 Å². The number of ketones is 1. The van der Waals surface area contributed by atoms with Crippen LogP contribution in [0.2, 0.25) is 0 Å². The number of hydrogen-bond donors (Lipinski definition) is 4. The zero-order chi connectivity index (χ0) is 40.7. The Morgan fingerprint density at radius 2 is 1.44 bits per heavy atom. The highest BCUT2D eigenvalue weighted by molar-refractivity contribution is 7.47. The first-order valence-electron chi connectivity index (χ1n) is 20.9. The maximum Gasteiger partial charge on any atom is 0.472 e. The number of rotatable bonds is 35. The van der Waals surface area contributed by atoms with Crippen LogP contribution in [0, 0.1) is 17.8 Å². The number of aliphatic hydroxyl groups excluding tert-OH is 3. The number of phosphoric ester groups is 1. The molecule has 0 aromatic carbocycles. The minimum absolute atomic E-state index is 0.00125. The predicted molar refractivity (Wildman–Crippen MR) is 214 cm³/mol. The maximum atomic E-state index is 12.7. The van der Waals surface area contributed by atoms with E-state index in [2.05, 4.69) is 25.3 Å². The van der Waals surface area contributed by atoms with E-state index >= 15 is 0 Å². The van der Waals surface area contributed by atoms with Gasteiger partial charge in [0.15, 0.2) is 11.9 Å². The van der Waals surface area contributed by atoms with Gasteiger partial charge in [0.25, 0.3) is 0 Å². The molecule has 1 aliphatic carbocycles. The third kappa shape index (κ3) is 28.0. The second-order valence-electron chi connectivity index (χ2n) is 15.2. The lowest BCUT2D eigenvalue weighted by Gasteiger charge is -2.20. The molecule has 0 aliphatic heterocycles. The number of hydrogen-bond acceptors (Lipinski definition) is 11. The molecule has 6 atom stereocenters. The van der Waals surface area contributed by atoms with E-state index in [4.69, 9.17) is 19.1 Å². The summed E-state index contributed by atoms with van der Waals surface area (Å²) < 4.78 is 32.6. The second-order valence-corrected chi connectivity index (χ2v) is 16.6. The molecule has 0 bridgehead atoms. The molecule has 0 saturated heterocycles. The van der Waals surface area contributed by atoms with Crippen molar-refractivity contribution in [3.05, 3.63) is 36.5 Å². The summed E-state index contributed by atoms with van der Waals surface area (Å²) in [5, 5.41) is 28.5. The zero-order valence-corrected chi connectivity index (χ0v) is 34.8. The smallest absolute Gasteiger partial charge is 0.462 e. The number of unbranched alkanes of at least 4 members (excludes halogenated alkanes) is 12. The van der Waals surface area contributed by atoms with Gasteiger partial charge in [-0.3, -0.25) is 23.4 Å². The van der Waals surface area contributed by atoms with Crippen LogP contribution in [-0.2, 0) is 37.5 Å². The summed E-state index contributed by atoms with van der Waals surface area (Å²) in [5.41, 5.74) is 0. The Balaban J connectivity index is 2.47. The monoisotopic (exact) mass is 800 g/mol. The maximum absolute atomic E-state index is 12.7. The summed E-state index contributed by atoms with van der Waals surface area (Å²) >= 11 is 0. The van der Waals surface area contributed by atoms with Crippen molar-refractivity contribution in [2.24, 2.45) is 17.8 Å². The largest absolute Gasteiger partial charge is 0.472 e. The molecule has 0 spiro atoms. The van der Waals surface area contributed by atoms with Crippen molar-refractivity contribution in [3.8, 4) is 0 Å². The Morgan fingerprint density at radius 3 is 2.09 bits per heavy atom. The third-order valence-corrected chi connectivity index (χ3v) is 10.4. The average molecular weight is 801 g/mol. The summed E-state index contributed by atoms with van der Waals surface area (Å²) in [5.74, 6) is -0.585. The third-order valence-electron chi connectivity index (χ3n) is 9.47. The van der Waals surface area contributed by atoms with Gasteiger partial charge < -0.3 is 29.7 Å². The van der Waals surface area contributed by atoms with E-state index in [1.165, 1.54) is 44.9 Å². The van der Waals surface area contributed by atoms with E-state index in [0.29, 0.717) is 32.1 Å². The molecule has 12 nitrogen and oxygen atoms in total. The van der Waals surface area contributed by atoms with Gasteiger partial charge in [0.2, 0.25) is 0 Å². The van der Waals surface area contributed by atoms with Crippen LogP contribution >= 0.6 is 7.82 Å². The standard InChI is InChI=1S/C42H73O12P/c1-4-5-16-23-36(44)27-28-39-35(26-29-40(39)46)22-18-14-15-20-25-42(48)54-38(33-53-55(49,50)52-31-37(45)30-43)32-51-41(47)24-19-13-11-9-7-6-8-10-12-17-21-34(2)3/h14,18,26-29,34-39,43-45H,4-13,15-17,19-25,30-33H2,1-3H3,(H,49,50)/b18-14-,28-27+/t35-,36-,37-,38+,39+/m0/s1. The van der Waals surface area contributed by atoms with Gasteiger partial charge in [-0.1, -0.05) is 135 Å². The van der Waals surface area contributed by atoms with E-state index < -0.39 is 57.9 Å². The number of carbonyl (C=O) groups excluding carboxylic acids is 3. The molecule has 1 rings (SSSR count). The first-order chi connectivity index (χ1) is 26.4. The first-order valence-corrected chi connectivity index (χ1v) is 22.4. The topological polar surface area (TPSA) is 186 Å². The van der Waals surface area contributed by atoms with Gasteiger partial charge >= 0.3 is 19.8 Å². The Labute approximate surface area is 330 Å². The van der Waals surface area contributed by atoms with E-state index in [1.54, 1.807) is 12.2 Å². The van der Waals surface area contributed by atoms with Crippen LogP contribution in [-0.4, -0.2) is 82.7 Å². The van der Waals surface area contributed by atoms with Crippen molar-refractivity contribution < 1.29 is 57.7 Å². The number of aliphatic hydroxyl groups is 3. The summed E-state index contributed by atoms with van der Waals surface area (Å²) in [6.07, 6.45) is 26.1. The number of allylic oxidation sites excluding steroid dienone is 5. The van der Waals surface area contributed by atoms with Gasteiger partial charge in [-0.2, -0.15) is 0 Å². The van der Waals surface area contributed by atoms with E-state index in [0.717, 1.165) is 44.4 Å². The van der Waals surface area contributed by atoms with Gasteiger partial charge in [-0.05, 0) is 50.0 Å². The summed E-state index contributed by atoms with van der Waals surface area (Å²) in [6.45, 7) is 4.33. The highest BCUT2D eigenvalue weighted by Crippen LogP contribution is 2.43. The van der Waals surface area contributed by atoms with Crippen LogP contribution in [0.4, 0.5) is 0 Å². The van der Waals surface area contributed by atoms with Gasteiger partial charge in [0, 0.05) is 18.8 Å². The quantitative estimate of drug-likeness (QED) is 0.0209. The minimum Gasteiger partial charge on any atom is -0.462 e. The Morgan fingerprint density at radius 1 is 0.818 bits per heavy atom. The van der Waals surface area contributed by atoms with Crippen molar-refractivity contribution in [2.75, 3.05) is 26.4 Å². The average Bonchev–Trinajstić information content (AvgIpc) is 3.50. The summed E-state index contributed by atoms with van der Waals surface area (Å²) in [7, 11) is -4.67. The van der Waals surface area contributed by atoms with Gasteiger partial charge in [0.1, 0.15) is 12.7 Å². The number of esters is 2. The minimum atomic E-state index is -4.67. The molecule has 0 aromatic heterocycles. The second kappa shape index (κ2) is 31.9. The molecule has 0 amide bonds. The van der Waals surface area contributed by atoms with E-state index in [-0.39, 0.29) is 37.1 Å². The SMILES string of the molecule is CCCCC[C@H](O)/C=C/[C@H]1C(=O)C=C[C@@H]1C/C=C\CCCC(=O)O[C@H](COC(=O)CCCCCCCCCCCCC(C)C)COP(=O)(O)OC[C@@H](O)CO. The molecule has 0 heterocycles. The first kappa shape index (κ1) is 50.8. The molecular weight excluding hydrogens is 727 g/mol. The van der Waals surface area contributed by atoms with Crippen LogP contribution in [0.25, 0.3) is 0 Å². The lowest BCUT2D eigenvalue weighted by Crippen LogP contribution is -2.29. The fourth-order valence-electron chi connectivity index (χ4n) is 6.11. The molecule has 13 heteroatoms. The molecule has 0 fully saturated rings. The molecule has 318 valence electrons. The fraction of sp³-hybridized carbons (Fsp3) is 0.786. The van der Waals surface area contributed by atoms with Gasteiger partial charge in [-0.25, -0.2) is 4.57 Å². The zero-order valence-electron chi connectivity index (χ0n) is 33.9. The fourth-order valence-corrected chi connectivity index (χ4v) is 6.90. The lowest BCUT2D eigenvalue weighted by molar-refractivity contribution is -0.161. The molecule has 1 aliphatic rings. The molecule has 0 saturated carbocycles. The normalized spacial score (nSPS) is 18.7. The molecule has 4 N–H and O–H groups in total. The van der Waals surface area contributed by atoms with Crippen molar-refractivity contribution in [3.63, 3.8) is 0 Å². The summed E-state index contributed by atoms with van der Waals surface area (Å²) in [4.78, 5) is 47.4. The number of phosphoric acid groups is 1. The van der Waals surface area contributed by atoms with E-state index in [1.807, 2.05) is 24.3 Å². The highest BCUT2D eigenvalue weighted by Gasteiger charge is 2.28. The summed E-state index contributed by atoms with van der Waals surface area (Å²) in [6, 6.07) is 0. The Bertz CT molecular complexity index is 1170. The molecule has 0 radical (unpaired) electrons. The molecule has 1 unspecified atom stereocenters. The van der Waals surface area contributed by atoms with Crippen molar-refractivity contribution in [1.29, 1.82) is 0 Å². The van der Waals surface area contributed by atoms with Gasteiger partial charge in [0.05, 0.1) is 25.9 Å². The van der Waals surface area contributed by atoms with E-state index in [9.17, 15) is 34.1 Å². The van der Waals surface area contributed by atoms with Crippen molar-refractivity contribution in [2.45, 2.75) is 167 Å². The molecular formula is C42H73O12P. The molecule has 0 aromatic rings.